The molecule has 3 heteroatoms. The van der Waals surface area contributed by atoms with E-state index in [0.717, 1.165) is 10.9 Å². The van der Waals surface area contributed by atoms with Gasteiger partial charge in [0.1, 0.15) is 0 Å². The standard InChI is InChI=1S/C22H19BrO2/c23-20-9-7-16(8-10-20)22(24)25-12-11-19-14-21(19)18-6-5-15-3-1-2-4-17(15)13-18/h1-10,13,19,21H,11-12,14H2/t19-,21+/m0/s1. The number of carbonyl (C=O) groups is 1. The van der Waals surface area contributed by atoms with Crippen molar-refractivity contribution in [1.29, 1.82) is 0 Å². The van der Waals surface area contributed by atoms with Crippen molar-refractivity contribution in [3.63, 3.8) is 0 Å². The van der Waals surface area contributed by atoms with Gasteiger partial charge in [-0.25, -0.2) is 4.79 Å². The predicted octanol–water partition coefficient (Wildman–Crippen LogP) is 5.95. The van der Waals surface area contributed by atoms with Gasteiger partial charge in [-0.05, 0) is 65.3 Å². The Labute approximate surface area is 155 Å². The minimum absolute atomic E-state index is 0.240. The number of halogens is 1. The molecule has 1 aliphatic carbocycles. The third-order valence-corrected chi connectivity index (χ3v) is 5.45. The third-order valence-electron chi connectivity index (χ3n) is 4.93. The maximum atomic E-state index is 12.0. The number of benzene rings is 3. The van der Waals surface area contributed by atoms with Gasteiger partial charge in [-0.3, -0.25) is 0 Å². The van der Waals surface area contributed by atoms with Crippen LogP contribution in [0.2, 0.25) is 0 Å². The highest BCUT2D eigenvalue weighted by Crippen LogP contribution is 2.49. The van der Waals surface area contributed by atoms with Crippen LogP contribution in [0.25, 0.3) is 10.8 Å². The molecule has 0 heterocycles. The molecule has 126 valence electrons. The second kappa shape index (κ2) is 7.01. The molecule has 0 radical (unpaired) electrons. The van der Waals surface area contributed by atoms with Crippen LogP contribution in [0.1, 0.15) is 34.7 Å². The van der Waals surface area contributed by atoms with Crippen LogP contribution in [0.3, 0.4) is 0 Å². The Morgan fingerprint density at radius 3 is 2.56 bits per heavy atom. The Morgan fingerprint density at radius 1 is 1.00 bits per heavy atom. The monoisotopic (exact) mass is 394 g/mol. The minimum Gasteiger partial charge on any atom is -0.462 e. The molecular formula is C22H19BrO2. The Morgan fingerprint density at radius 2 is 1.76 bits per heavy atom. The predicted molar refractivity (Wildman–Crippen MR) is 104 cm³/mol. The zero-order valence-electron chi connectivity index (χ0n) is 13.8. The number of hydrogen-bond acceptors (Lipinski definition) is 2. The highest BCUT2D eigenvalue weighted by Gasteiger charge is 2.37. The summed E-state index contributed by atoms with van der Waals surface area (Å²) in [5.74, 6) is 0.991. The fourth-order valence-electron chi connectivity index (χ4n) is 3.39. The van der Waals surface area contributed by atoms with Gasteiger partial charge in [0.25, 0.3) is 0 Å². The van der Waals surface area contributed by atoms with Crippen LogP contribution >= 0.6 is 15.9 Å². The van der Waals surface area contributed by atoms with Gasteiger partial charge in [-0.15, -0.1) is 0 Å². The van der Waals surface area contributed by atoms with Crippen molar-refractivity contribution in [2.75, 3.05) is 6.61 Å². The fraction of sp³-hybridized carbons (Fsp3) is 0.227. The molecule has 25 heavy (non-hydrogen) atoms. The molecule has 0 N–H and O–H groups in total. The molecule has 1 saturated carbocycles. The maximum Gasteiger partial charge on any atom is 0.338 e. The topological polar surface area (TPSA) is 26.3 Å². The molecule has 0 bridgehead atoms. The first kappa shape index (κ1) is 16.3. The first-order chi connectivity index (χ1) is 12.2. The average molecular weight is 395 g/mol. The van der Waals surface area contributed by atoms with Crippen LogP contribution in [0.4, 0.5) is 0 Å². The summed E-state index contributed by atoms with van der Waals surface area (Å²) in [7, 11) is 0. The minimum atomic E-state index is -0.240. The summed E-state index contributed by atoms with van der Waals surface area (Å²) in [5, 5.41) is 2.58. The average Bonchev–Trinajstić information content (AvgIpc) is 3.41. The van der Waals surface area contributed by atoms with Crippen molar-refractivity contribution in [3.05, 3.63) is 82.3 Å². The van der Waals surface area contributed by atoms with Crippen molar-refractivity contribution in [3.8, 4) is 0 Å². The molecule has 0 saturated heterocycles. The first-order valence-corrected chi connectivity index (χ1v) is 9.41. The van der Waals surface area contributed by atoms with Gasteiger partial charge in [0.2, 0.25) is 0 Å². The Balaban J connectivity index is 1.30. The largest absolute Gasteiger partial charge is 0.462 e. The van der Waals surface area contributed by atoms with E-state index >= 15 is 0 Å². The SMILES string of the molecule is O=C(OCC[C@H]1C[C@@H]1c1ccc2ccccc2c1)c1ccc(Br)cc1. The van der Waals surface area contributed by atoms with Crippen LogP contribution in [-0.2, 0) is 4.74 Å². The summed E-state index contributed by atoms with van der Waals surface area (Å²) in [6, 6.07) is 22.5. The van der Waals surface area contributed by atoms with Crippen molar-refractivity contribution in [2.24, 2.45) is 5.92 Å². The van der Waals surface area contributed by atoms with Crippen LogP contribution in [0, 0.1) is 5.92 Å². The van der Waals surface area contributed by atoms with E-state index in [1.807, 2.05) is 12.1 Å². The summed E-state index contributed by atoms with van der Waals surface area (Å²) < 4.78 is 6.38. The van der Waals surface area contributed by atoms with E-state index in [-0.39, 0.29) is 5.97 Å². The van der Waals surface area contributed by atoms with E-state index in [2.05, 4.69) is 58.4 Å². The summed E-state index contributed by atoms with van der Waals surface area (Å²) in [6.45, 7) is 0.490. The van der Waals surface area contributed by atoms with Crippen molar-refractivity contribution >= 4 is 32.7 Å². The van der Waals surface area contributed by atoms with Crippen molar-refractivity contribution < 1.29 is 9.53 Å². The molecule has 2 atom stereocenters. The zero-order chi connectivity index (χ0) is 17.2. The number of fused-ring (bicyclic) bond motifs is 1. The fourth-order valence-corrected chi connectivity index (χ4v) is 3.65. The number of rotatable bonds is 5. The van der Waals surface area contributed by atoms with Crippen molar-refractivity contribution in [2.45, 2.75) is 18.8 Å². The molecule has 0 spiro atoms. The van der Waals surface area contributed by atoms with Gasteiger partial charge in [0.05, 0.1) is 12.2 Å². The van der Waals surface area contributed by atoms with E-state index < -0.39 is 0 Å². The van der Waals surface area contributed by atoms with Crippen LogP contribution in [0.5, 0.6) is 0 Å². The quantitative estimate of drug-likeness (QED) is 0.499. The number of ether oxygens (including phenoxy) is 1. The Hall–Kier alpha value is -2.13. The van der Waals surface area contributed by atoms with E-state index in [9.17, 15) is 4.79 Å². The Kier molecular flexibility index (Phi) is 4.58. The lowest BCUT2D eigenvalue weighted by atomic mass is 10.0. The van der Waals surface area contributed by atoms with E-state index in [4.69, 9.17) is 4.74 Å². The molecule has 1 aliphatic rings. The van der Waals surface area contributed by atoms with Gasteiger partial charge < -0.3 is 4.74 Å². The number of esters is 1. The normalized spacial score (nSPS) is 18.9. The summed E-state index contributed by atoms with van der Waals surface area (Å²) in [4.78, 5) is 12.0. The molecule has 0 unspecified atom stereocenters. The molecule has 4 rings (SSSR count). The highest BCUT2D eigenvalue weighted by molar-refractivity contribution is 9.10. The van der Waals surface area contributed by atoms with Crippen LogP contribution in [0.15, 0.2) is 71.2 Å². The molecular weight excluding hydrogens is 376 g/mol. The van der Waals surface area contributed by atoms with Gasteiger partial charge >= 0.3 is 5.97 Å². The number of hydrogen-bond donors (Lipinski definition) is 0. The Bertz CT molecular complexity index is 901. The lowest BCUT2D eigenvalue weighted by Gasteiger charge is -2.06. The third kappa shape index (κ3) is 3.77. The number of carbonyl (C=O) groups excluding carboxylic acids is 1. The summed E-state index contributed by atoms with van der Waals surface area (Å²) in [6.07, 6.45) is 2.12. The van der Waals surface area contributed by atoms with E-state index in [1.54, 1.807) is 12.1 Å². The zero-order valence-corrected chi connectivity index (χ0v) is 15.4. The first-order valence-electron chi connectivity index (χ1n) is 8.62. The van der Waals surface area contributed by atoms with Crippen molar-refractivity contribution in [1.82, 2.24) is 0 Å². The van der Waals surface area contributed by atoms with E-state index in [0.29, 0.717) is 24.0 Å². The molecule has 3 aromatic rings. The van der Waals surface area contributed by atoms with Gasteiger partial charge in [-0.1, -0.05) is 58.4 Å². The highest BCUT2D eigenvalue weighted by atomic mass is 79.9. The molecule has 1 fully saturated rings. The lowest BCUT2D eigenvalue weighted by molar-refractivity contribution is 0.0494. The molecule has 0 aliphatic heterocycles. The molecule has 0 amide bonds. The van der Waals surface area contributed by atoms with Gasteiger partial charge in [-0.2, -0.15) is 0 Å². The van der Waals surface area contributed by atoms with E-state index in [1.165, 1.54) is 22.8 Å². The maximum absolute atomic E-state index is 12.0. The van der Waals surface area contributed by atoms with Gasteiger partial charge in [0, 0.05) is 4.47 Å². The molecule has 2 nitrogen and oxygen atoms in total. The van der Waals surface area contributed by atoms with Crippen LogP contribution < -0.4 is 0 Å². The van der Waals surface area contributed by atoms with Crippen LogP contribution in [-0.4, -0.2) is 12.6 Å². The second-order valence-corrected chi connectivity index (χ2v) is 7.56. The lowest BCUT2D eigenvalue weighted by Crippen LogP contribution is -2.06. The summed E-state index contributed by atoms with van der Waals surface area (Å²) in [5.41, 5.74) is 2.01. The second-order valence-electron chi connectivity index (χ2n) is 6.64. The smallest absolute Gasteiger partial charge is 0.338 e. The summed E-state index contributed by atoms with van der Waals surface area (Å²) >= 11 is 3.37. The molecule has 3 aromatic carbocycles. The van der Waals surface area contributed by atoms with Gasteiger partial charge in [0.15, 0.2) is 0 Å². The molecule has 0 aromatic heterocycles.